The van der Waals surface area contributed by atoms with Crippen molar-refractivity contribution in [3.63, 3.8) is 0 Å². The fourth-order valence-electron chi connectivity index (χ4n) is 3.28. The summed E-state index contributed by atoms with van der Waals surface area (Å²) in [5.41, 5.74) is 0. The number of hydrogen-bond acceptors (Lipinski definition) is 2. The van der Waals surface area contributed by atoms with Crippen molar-refractivity contribution < 1.29 is 4.74 Å². The minimum atomic E-state index is 0.775. The van der Waals surface area contributed by atoms with E-state index in [1.165, 1.54) is 32.2 Å². The number of hydrogen-bond donors (Lipinski definition) is 1. The van der Waals surface area contributed by atoms with Crippen molar-refractivity contribution >= 4 is 0 Å². The highest BCUT2D eigenvalue weighted by Gasteiger charge is 2.31. The molecule has 2 heteroatoms. The van der Waals surface area contributed by atoms with Crippen LogP contribution in [0.1, 0.15) is 59.8 Å². The van der Waals surface area contributed by atoms with Crippen LogP contribution in [0.15, 0.2) is 0 Å². The van der Waals surface area contributed by atoms with Crippen LogP contribution in [0.5, 0.6) is 0 Å². The third-order valence-corrected chi connectivity index (χ3v) is 4.64. The van der Waals surface area contributed by atoms with E-state index in [0.29, 0.717) is 0 Å². The molecule has 0 spiro atoms. The van der Waals surface area contributed by atoms with Gasteiger partial charge in [0.2, 0.25) is 0 Å². The summed E-state index contributed by atoms with van der Waals surface area (Å²) in [5.74, 6) is 3.35. The molecule has 2 nitrogen and oxygen atoms in total. The first-order valence-electron chi connectivity index (χ1n) is 8.47. The van der Waals surface area contributed by atoms with Crippen molar-refractivity contribution in [3.8, 4) is 0 Å². The van der Waals surface area contributed by atoms with Crippen LogP contribution in [0.2, 0.25) is 0 Å². The lowest BCUT2D eigenvalue weighted by Crippen LogP contribution is -2.36. The third-order valence-electron chi connectivity index (χ3n) is 4.64. The molecule has 1 rings (SSSR count). The Morgan fingerprint density at radius 2 is 1.89 bits per heavy atom. The van der Waals surface area contributed by atoms with Gasteiger partial charge in [-0.15, -0.1) is 0 Å². The third kappa shape index (κ3) is 6.27. The summed E-state index contributed by atoms with van der Waals surface area (Å²) in [6, 6.07) is 0. The quantitative estimate of drug-likeness (QED) is 0.636. The molecule has 0 radical (unpaired) electrons. The molecule has 0 heterocycles. The van der Waals surface area contributed by atoms with Crippen LogP contribution in [0.3, 0.4) is 0 Å². The van der Waals surface area contributed by atoms with Crippen LogP contribution < -0.4 is 5.32 Å². The van der Waals surface area contributed by atoms with Crippen LogP contribution in [0.25, 0.3) is 0 Å². The highest BCUT2D eigenvalue weighted by atomic mass is 16.5. The zero-order valence-corrected chi connectivity index (χ0v) is 13.6. The lowest BCUT2D eigenvalue weighted by Gasteiger charge is -2.38. The average Bonchev–Trinajstić information content (AvgIpc) is 2.40. The molecule has 0 aromatic carbocycles. The molecular weight excluding hydrogens is 234 g/mol. The van der Waals surface area contributed by atoms with Gasteiger partial charge in [-0.3, -0.25) is 0 Å². The van der Waals surface area contributed by atoms with E-state index in [1.54, 1.807) is 0 Å². The molecule has 19 heavy (non-hydrogen) atoms. The zero-order chi connectivity index (χ0) is 14.1. The predicted molar refractivity (Wildman–Crippen MR) is 83.4 cm³/mol. The van der Waals surface area contributed by atoms with Gasteiger partial charge in [-0.25, -0.2) is 0 Å². The number of rotatable bonds is 9. The molecule has 0 saturated heterocycles. The van der Waals surface area contributed by atoms with Gasteiger partial charge in [0.25, 0.3) is 0 Å². The van der Waals surface area contributed by atoms with Gasteiger partial charge in [-0.2, -0.15) is 0 Å². The van der Waals surface area contributed by atoms with Gasteiger partial charge >= 0.3 is 0 Å². The summed E-state index contributed by atoms with van der Waals surface area (Å²) in [5, 5.41) is 3.61. The second kappa shape index (κ2) is 9.77. The molecule has 1 N–H and O–H groups in total. The van der Waals surface area contributed by atoms with Crippen molar-refractivity contribution in [1.82, 2.24) is 5.32 Å². The first-order valence-corrected chi connectivity index (χ1v) is 8.47. The van der Waals surface area contributed by atoms with E-state index in [-0.39, 0.29) is 0 Å². The van der Waals surface area contributed by atoms with E-state index in [9.17, 15) is 0 Å². The van der Waals surface area contributed by atoms with E-state index in [0.717, 1.165) is 49.9 Å². The minimum absolute atomic E-state index is 0.775. The average molecular weight is 269 g/mol. The minimum Gasteiger partial charge on any atom is -0.381 e. The molecular formula is C17H35NO. The molecule has 0 bridgehead atoms. The zero-order valence-electron chi connectivity index (χ0n) is 13.6. The van der Waals surface area contributed by atoms with E-state index in [1.807, 2.05) is 0 Å². The highest BCUT2D eigenvalue weighted by molar-refractivity contribution is 4.82. The second-order valence-corrected chi connectivity index (χ2v) is 6.62. The molecule has 1 fully saturated rings. The Kier molecular flexibility index (Phi) is 8.72. The van der Waals surface area contributed by atoms with E-state index in [2.05, 4.69) is 33.0 Å². The van der Waals surface area contributed by atoms with Gasteiger partial charge in [0, 0.05) is 13.2 Å². The van der Waals surface area contributed by atoms with Crippen LogP contribution in [-0.2, 0) is 4.74 Å². The fraction of sp³-hybridized carbons (Fsp3) is 1.00. The SMILES string of the molecule is CCCNCC1CCC(C(C)C)CC1COCCC. The first-order chi connectivity index (χ1) is 9.19. The van der Waals surface area contributed by atoms with E-state index >= 15 is 0 Å². The van der Waals surface area contributed by atoms with Crippen LogP contribution in [-0.4, -0.2) is 26.3 Å². The summed E-state index contributed by atoms with van der Waals surface area (Å²) in [7, 11) is 0. The standard InChI is InChI=1S/C17H35NO/c1-5-9-18-12-16-8-7-15(14(3)4)11-17(16)13-19-10-6-2/h14-18H,5-13H2,1-4H3. The second-order valence-electron chi connectivity index (χ2n) is 6.62. The molecule has 0 amide bonds. The van der Waals surface area contributed by atoms with Crippen molar-refractivity contribution in [1.29, 1.82) is 0 Å². The maximum absolute atomic E-state index is 5.86. The molecule has 1 saturated carbocycles. The Balaban J connectivity index is 2.42. The van der Waals surface area contributed by atoms with Gasteiger partial charge in [-0.05, 0) is 68.9 Å². The lowest BCUT2D eigenvalue weighted by molar-refractivity contribution is 0.0374. The normalized spacial score (nSPS) is 27.9. The topological polar surface area (TPSA) is 21.3 Å². The molecule has 0 aliphatic heterocycles. The van der Waals surface area contributed by atoms with Gasteiger partial charge < -0.3 is 10.1 Å². The fourth-order valence-corrected chi connectivity index (χ4v) is 3.28. The van der Waals surface area contributed by atoms with Gasteiger partial charge in [0.05, 0.1) is 0 Å². The highest BCUT2D eigenvalue weighted by Crippen LogP contribution is 2.37. The maximum atomic E-state index is 5.86. The number of ether oxygens (including phenoxy) is 1. The summed E-state index contributed by atoms with van der Waals surface area (Å²) < 4.78 is 5.86. The summed E-state index contributed by atoms with van der Waals surface area (Å²) in [6.07, 6.45) is 6.55. The molecule has 3 atom stereocenters. The van der Waals surface area contributed by atoms with Crippen LogP contribution in [0, 0.1) is 23.7 Å². The van der Waals surface area contributed by atoms with Crippen LogP contribution >= 0.6 is 0 Å². The molecule has 0 aromatic rings. The van der Waals surface area contributed by atoms with Crippen LogP contribution in [0.4, 0.5) is 0 Å². The smallest absolute Gasteiger partial charge is 0.0497 e. The maximum Gasteiger partial charge on any atom is 0.0497 e. The van der Waals surface area contributed by atoms with Gasteiger partial charge in [0.15, 0.2) is 0 Å². The van der Waals surface area contributed by atoms with Gasteiger partial charge in [-0.1, -0.05) is 27.7 Å². The van der Waals surface area contributed by atoms with E-state index in [4.69, 9.17) is 4.74 Å². The Morgan fingerprint density at radius 1 is 1.11 bits per heavy atom. The van der Waals surface area contributed by atoms with Crippen molar-refractivity contribution in [2.75, 3.05) is 26.3 Å². The Hall–Kier alpha value is -0.0800. The first kappa shape index (κ1) is 17.0. The van der Waals surface area contributed by atoms with Gasteiger partial charge in [0.1, 0.15) is 0 Å². The number of nitrogens with one attached hydrogen (secondary N) is 1. The molecule has 0 aromatic heterocycles. The largest absolute Gasteiger partial charge is 0.381 e. The Labute approximate surface area is 120 Å². The van der Waals surface area contributed by atoms with Crippen molar-refractivity contribution in [3.05, 3.63) is 0 Å². The lowest BCUT2D eigenvalue weighted by atomic mass is 9.71. The molecule has 1 aliphatic carbocycles. The molecule has 3 unspecified atom stereocenters. The monoisotopic (exact) mass is 269 g/mol. The molecule has 114 valence electrons. The molecule has 1 aliphatic rings. The summed E-state index contributed by atoms with van der Waals surface area (Å²) in [6.45, 7) is 13.5. The summed E-state index contributed by atoms with van der Waals surface area (Å²) in [4.78, 5) is 0. The van der Waals surface area contributed by atoms with E-state index < -0.39 is 0 Å². The van der Waals surface area contributed by atoms with Crippen molar-refractivity contribution in [2.24, 2.45) is 23.7 Å². The van der Waals surface area contributed by atoms with Crippen molar-refractivity contribution in [2.45, 2.75) is 59.8 Å². The Bertz CT molecular complexity index is 217. The predicted octanol–water partition coefficient (Wildman–Crippen LogP) is 4.10. The summed E-state index contributed by atoms with van der Waals surface area (Å²) >= 11 is 0. The Morgan fingerprint density at radius 3 is 2.53 bits per heavy atom.